The number of hydrogen-bond acceptors (Lipinski definition) is 8. The van der Waals surface area contributed by atoms with Crippen LogP contribution in [0, 0.1) is 6.92 Å². The number of nitrogens with one attached hydrogen (secondary N) is 1. The van der Waals surface area contributed by atoms with Crippen molar-refractivity contribution in [2.75, 3.05) is 29.9 Å². The first-order chi connectivity index (χ1) is 13.1. The number of aryl methyl sites for hydroxylation is 1. The summed E-state index contributed by atoms with van der Waals surface area (Å²) in [7, 11) is 0. The number of β-amino-alcohol motifs (C(OH)–C–C–N with tert-alkyl or cyclic N) is 1. The fourth-order valence-electron chi connectivity index (χ4n) is 3.15. The third-order valence-electron chi connectivity index (χ3n) is 4.41. The number of aromatic nitrogens is 2. The minimum Gasteiger partial charge on any atom is -0.380 e. The fourth-order valence-corrected chi connectivity index (χ4v) is 5.06. The number of anilines is 2. The van der Waals surface area contributed by atoms with Crippen LogP contribution in [0.1, 0.15) is 16.9 Å². The number of rotatable bonds is 5. The van der Waals surface area contributed by atoms with Crippen molar-refractivity contribution in [2.24, 2.45) is 5.73 Å². The highest BCUT2D eigenvalue weighted by atomic mass is 32.2. The average Bonchev–Trinajstić information content (AvgIpc) is 2.93. The van der Waals surface area contributed by atoms with Crippen molar-refractivity contribution in [2.45, 2.75) is 30.2 Å². The first-order valence-electron chi connectivity index (χ1n) is 9.04. The molecule has 0 saturated heterocycles. The average molecular weight is 402 g/mol. The molecule has 1 aromatic carbocycles. The van der Waals surface area contributed by atoms with E-state index in [4.69, 9.17) is 15.7 Å². The molecule has 0 fully saturated rings. The molecule has 142 valence electrons. The van der Waals surface area contributed by atoms with E-state index < -0.39 is 5.44 Å². The first kappa shape index (κ1) is 18.5. The van der Waals surface area contributed by atoms with E-state index in [1.807, 2.05) is 12.1 Å². The number of thiophene rings is 1. The third kappa shape index (κ3) is 4.03. The summed E-state index contributed by atoms with van der Waals surface area (Å²) in [6, 6.07) is 10.3. The molecule has 0 bridgehead atoms. The Morgan fingerprint density at radius 3 is 3.04 bits per heavy atom. The smallest absolute Gasteiger partial charge is 0.228 e. The van der Waals surface area contributed by atoms with E-state index in [1.165, 1.54) is 22.2 Å². The maximum atomic E-state index is 10.5. The summed E-state index contributed by atoms with van der Waals surface area (Å²) >= 11 is 3.19. The molecule has 1 aliphatic rings. The monoisotopic (exact) mass is 401 g/mol. The van der Waals surface area contributed by atoms with Gasteiger partial charge in [0.05, 0.1) is 16.8 Å². The van der Waals surface area contributed by atoms with Crippen LogP contribution in [0.5, 0.6) is 0 Å². The summed E-state index contributed by atoms with van der Waals surface area (Å²) in [6.45, 7) is 4.66. The second kappa shape index (κ2) is 8.02. The van der Waals surface area contributed by atoms with Crippen LogP contribution in [0.15, 0.2) is 35.2 Å². The van der Waals surface area contributed by atoms with Crippen molar-refractivity contribution in [3.8, 4) is 0 Å². The number of aliphatic hydroxyl groups is 1. The molecule has 0 saturated carbocycles. The predicted molar refractivity (Wildman–Crippen MR) is 114 cm³/mol. The van der Waals surface area contributed by atoms with Crippen molar-refractivity contribution in [1.82, 2.24) is 9.97 Å². The molecule has 4 rings (SSSR count). The van der Waals surface area contributed by atoms with Crippen LogP contribution in [0.2, 0.25) is 0 Å². The molecule has 2 aromatic heterocycles. The minimum absolute atomic E-state index is 0.482. The lowest BCUT2D eigenvalue weighted by Crippen LogP contribution is -2.30. The zero-order valence-electron chi connectivity index (χ0n) is 15.2. The van der Waals surface area contributed by atoms with Gasteiger partial charge < -0.3 is 21.1 Å². The van der Waals surface area contributed by atoms with Crippen LogP contribution in [0.25, 0.3) is 10.2 Å². The van der Waals surface area contributed by atoms with Crippen LogP contribution < -0.4 is 16.0 Å². The van der Waals surface area contributed by atoms with Gasteiger partial charge in [0.15, 0.2) is 0 Å². The van der Waals surface area contributed by atoms with Gasteiger partial charge in [0.1, 0.15) is 11.3 Å². The maximum Gasteiger partial charge on any atom is 0.228 e. The Labute approximate surface area is 166 Å². The normalized spacial score (nSPS) is 17.0. The largest absolute Gasteiger partial charge is 0.380 e. The Hall–Kier alpha value is -1.87. The number of thioether (sulfide) groups is 1. The number of aliphatic hydroxyl groups excluding tert-OH is 1. The van der Waals surface area contributed by atoms with Crippen molar-refractivity contribution in [1.29, 1.82) is 0 Å². The van der Waals surface area contributed by atoms with Gasteiger partial charge in [0.25, 0.3) is 0 Å². The van der Waals surface area contributed by atoms with E-state index >= 15 is 0 Å². The van der Waals surface area contributed by atoms with Gasteiger partial charge in [-0.25, -0.2) is 4.98 Å². The summed E-state index contributed by atoms with van der Waals surface area (Å²) in [5, 5.41) is 13.9. The van der Waals surface area contributed by atoms with Gasteiger partial charge in [-0.05, 0) is 37.6 Å². The number of nitrogens with two attached hydrogens (primary N) is 1. The summed E-state index contributed by atoms with van der Waals surface area (Å²) in [5.41, 5.74) is 7.23. The van der Waals surface area contributed by atoms with Gasteiger partial charge in [0.2, 0.25) is 5.95 Å². The molecule has 3 aromatic rings. The molecular weight excluding hydrogens is 378 g/mol. The molecule has 0 aliphatic carbocycles. The highest BCUT2D eigenvalue weighted by Crippen LogP contribution is 2.35. The van der Waals surface area contributed by atoms with Gasteiger partial charge in [0, 0.05) is 22.9 Å². The molecule has 1 aliphatic heterocycles. The lowest BCUT2D eigenvalue weighted by molar-refractivity contribution is 0.267. The Morgan fingerprint density at radius 2 is 2.19 bits per heavy atom. The number of nitrogens with zero attached hydrogens (tertiary/aromatic N) is 3. The predicted octanol–water partition coefficient (Wildman–Crippen LogP) is 3.19. The Kier molecular flexibility index (Phi) is 5.49. The van der Waals surface area contributed by atoms with E-state index in [-0.39, 0.29) is 0 Å². The SMILES string of the molecule is Cc1cc2nc(N3Cc4ccccc4SC(O)C3)nc(NCCCN)c2s1. The Morgan fingerprint density at radius 1 is 1.33 bits per heavy atom. The van der Waals surface area contributed by atoms with Crippen LogP contribution in [0.3, 0.4) is 0 Å². The zero-order valence-corrected chi connectivity index (χ0v) is 16.8. The summed E-state index contributed by atoms with van der Waals surface area (Å²) in [5.74, 6) is 1.49. The van der Waals surface area contributed by atoms with Gasteiger partial charge in [-0.15, -0.1) is 11.3 Å². The molecule has 8 heteroatoms. The van der Waals surface area contributed by atoms with Crippen molar-refractivity contribution >= 4 is 45.1 Å². The van der Waals surface area contributed by atoms with Crippen LogP contribution in [-0.2, 0) is 6.54 Å². The standard InChI is InChI=1S/C19H23N5OS2/c1-12-9-14-17(26-12)18(21-8-4-7-20)23-19(22-14)24-10-13-5-2-3-6-15(13)27-16(25)11-24/h2-3,5-6,9,16,25H,4,7-8,10-11,20H2,1H3,(H,21,22,23). The van der Waals surface area contributed by atoms with Gasteiger partial charge in [-0.3, -0.25) is 0 Å². The molecule has 3 heterocycles. The van der Waals surface area contributed by atoms with E-state index in [0.29, 0.717) is 25.6 Å². The van der Waals surface area contributed by atoms with E-state index in [1.54, 1.807) is 11.3 Å². The van der Waals surface area contributed by atoms with Crippen molar-refractivity contribution < 1.29 is 5.11 Å². The maximum absolute atomic E-state index is 10.5. The summed E-state index contributed by atoms with van der Waals surface area (Å²) in [4.78, 5) is 14.0. The minimum atomic E-state index is -0.522. The van der Waals surface area contributed by atoms with E-state index in [9.17, 15) is 5.11 Å². The topological polar surface area (TPSA) is 87.3 Å². The molecule has 1 atom stereocenters. The fraction of sp³-hybridized carbons (Fsp3) is 0.368. The second-order valence-electron chi connectivity index (χ2n) is 6.57. The number of benzene rings is 1. The lowest BCUT2D eigenvalue weighted by atomic mass is 10.2. The number of fused-ring (bicyclic) bond motifs is 2. The highest BCUT2D eigenvalue weighted by Gasteiger charge is 2.24. The Balaban J connectivity index is 1.72. The Bertz CT molecular complexity index is 945. The van der Waals surface area contributed by atoms with Gasteiger partial charge in [-0.2, -0.15) is 4.98 Å². The quantitative estimate of drug-likeness (QED) is 0.566. The second-order valence-corrected chi connectivity index (χ2v) is 9.05. The summed E-state index contributed by atoms with van der Waals surface area (Å²) < 4.78 is 1.07. The van der Waals surface area contributed by atoms with Crippen LogP contribution in [-0.4, -0.2) is 40.1 Å². The molecule has 27 heavy (non-hydrogen) atoms. The van der Waals surface area contributed by atoms with Crippen LogP contribution >= 0.6 is 23.1 Å². The first-order valence-corrected chi connectivity index (χ1v) is 10.7. The molecular formula is C19H23N5OS2. The third-order valence-corrected chi connectivity index (χ3v) is 6.53. The molecule has 6 nitrogen and oxygen atoms in total. The summed E-state index contributed by atoms with van der Waals surface area (Å²) in [6.07, 6.45) is 0.887. The van der Waals surface area contributed by atoms with Crippen molar-refractivity contribution in [3.63, 3.8) is 0 Å². The molecule has 0 radical (unpaired) electrons. The van der Waals surface area contributed by atoms with E-state index in [0.717, 1.165) is 33.9 Å². The van der Waals surface area contributed by atoms with Crippen LogP contribution in [0.4, 0.5) is 11.8 Å². The lowest BCUT2D eigenvalue weighted by Gasteiger charge is -2.22. The molecule has 4 N–H and O–H groups in total. The van der Waals surface area contributed by atoms with Gasteiger partial charge >= 0.3 is 0 Å². The molecule has 0 spiro atoms. The molecule has 1 unspecified atom stereocenters. The molecule has 0 amide bonds. The number of hydrogen-bond donors (Lipinski definition) is 3. The van der Waals surface area contributed by atoms with Gasteiger partial charge in [-0.1, -0.05) is 30.0 Å². The van der Waals surface area contributed by atoms with Crippen molar-refractivity contribution in [3.05, 3.63) is 40.8 Å². The zero-order chi connectivity index (χ0) is 18.8. The highest BCUT2D eigenvalue weighted by molar-refractivity contribution is 7.99. The van der Waals surface area contributed by atoms with E-state index in [2.05, 4.69) is 35.3 Å².